The van der Waals surface area contributed by atoms with E-state index in [2.05, 4.69) is 35.9 Å². The highest BCUT2D eigenvalue weighted by atomic mass is 79.9. The summed E-state index contributed by atoms with van der Waals surface area (Å²) < 4.78 is 149. The molecule has 15 heteroatoms. The van der Waals surface area contributed by atoms with Crippen LogP contribution in [0.5, 0.6) is 0 Å². The maximum Gasteiger partial charge on any atom is 0.200 e. The Labute approximate surface area is 298 Å². The molecule has 0 atom stereocenters. The molecule has 2 aliphatic rings. The fourth-order valence-electron chi connectivity index (χ4n) is 6.25. The Morgan fingerprint density at radius 3 is 1.17 bits per heavy atom. The van der Waals surface area contributed by atoms with Crippen LogP contribution in [0, 0.1) is 58.2 Å². The summed E-state index contributed by atoms with van der Waals surface area (Å²) in [4.78, 5) is 14.8. The molecule has 0 fully saturated rings. The van der Waals surface area contributed by atoms with E-state index in [1.807, 2.05) is 0 Å². The second kappa shape index (κ2) is 12.6. The Morgan fingerprint density at radius 2 is 0.698 bits per heavy atom. The molecule has 3 aromatic carbocycles. The van der Waals surface area contributed by atoms with Gasteiger partial charge in [0, 0.05) is 33.2 Å². The summed E-state index contributed by atoms with van der Waals surface area (Å²) in [6.45, 7) is 0. The second-order valence-electron chi connectivity index (χ2n) is 11.7. The first-order valence-corrected chi connectivity index (χ1v) is 16.1. The van der Waals surface area contributed by atoms with Gasteiger partial charge in [0.2, 0.25) is 11.6 Å². The van der Waals surface area contributed by atoms with Gasteiger partial charge in [-0.3, -0.25) is 0 Å². The molecule has 0 amide bonds. The minimum Gasteiger partial charge on any atom is -0.354 e. The van der Waals surface area contributed by atoms with Gasteiger partial charge in [-0.2, -0.15) is 0 Å². The van der Waals surface area contributed by atoms with Gasteiger partial charge in [-0.1, -0.05) is 30.3 Å². The summed E-state index contributed by atoms with van der Waals surface area (Å²) in [5.74, 6) is -21.8. The van der Waals surface area contributed by atoms with Gasteiger partial charge in [-0.25, -0.2) is 53.9 Å². The third kappa shape index (κ3) is 5.28. The molecule has 0 saturated heterocycles. The number of benzene rings is 3. The van der Waals surface area contributed by atoms with E-state index in [0.29, 0.717) is 5.56 Å². The molecule has 6 aromatic rings. The predicted octanol–water partition coefficient (Wildman–Crippen LogP) is 11.8. The molecule has 264 valence electrons. The van der Waals surface area contributed by atoms with Crippen LogP contribution in [0.25, 0.3) is 79.8 Å². The lowest BCUT2D eigenvalue weighted by atomic mass is 10.0. The van der Waals surface area contributed by atoms with Gasteiger partial charge >= 0.3 is 0 Å². The van der Waals surface area contributed by atoms with E-state index < -0.39 is 80.4 Å². The molecule has 0 saturated carbocycles. The molecular weight excluding hydrogens is 782 g/mol. The van der Waals surface area contributed by atoms with Crippen molar-refractivity contribution in [3.63, 3.8) is 0 Å². The van der Waals surface area contributed by atoms with Crippen LogP contribution < -0.4 is 0 Å². The van der Waals surface area contributed by atoms with Crippen molar-refractivity contribution in [3.05, 3.63) is 140 Å². The number of nitrogens with one attached hydrogen (secondary N) is 2. The van der Waals surface area contributed by atoms with Crippen molar-refractivity contribution in [1.82, 2.24) is 19.9 Å². The Kier molecular flexibility index (Phi) is 8.13. The Morgan fingerprint density at radius 1 is 0.358 bits per heavy atom. The van der Waals surface area contributed by atoms with Gasteiger partial charge in [-0.15, -0.1) is 0 Å². The molecule has 5 heterocycles. The number of H-pyrrole nitrogens is 2. The van der Waals surface area contributed by atoms with Crippen LogP contribution in [0.2, 0.25) is 0 Å². The number of fused-ring (bicyclic) bond motifs is 8. The topological polar surface area (TPSA) is 57.4 Å². The normalized spacial score (nSPS) is 12.3. The average Bonchev–Trinajstić information content (AvgIpc) is 4.00. The second-order valence-corrected chi connectivity index (χ2v) is 12.5. The number of rotatable bonds is 3. The van der Waals surface area contributed by atoms with Gasteiger partial charge in [-0.05, 0) is 70.1 Å². The lowest BCUT2D eigenvalue weighted by Gasteiger charge is -2.10. The van der Waals surface area contributed by atoms with Gasteiger partial charge in [0.25, 0.3) is 0 Å². The van der Waals surface area contributed by atoms with E-state index in [0.717, 1.165) is 0 Å². The number of aromatic amines is 2. The fourth-order valence-corrected chi connectivity index (χ4v) is 6.71. The van der Waals surface area contributed by atoms with Crippen molar-refractivity contribution >= 4 is 62.3 Å². The number of hydrogen-bond acceptors (Lipinski definition) is 2. The minimum absolute atomic E-state index is 0.0525. The summed E-state index contributed by atoms with van der Waals surface area (Å²) >= 11 is 3.35. The van der Waals surface area contributed by atoms with Crippen LogP contribution in [0.1, 0.15) is 22.8 Å². The van der Waals surface area contributed by atoms with Gasteiger partial charge in [0.05, 0.1) is 43.9 Å². The van der Waals surface area contributed by atoms with Crippen molar-refractivity contribution in [2.45, 2.75) is 0 Å². The average molecular weight is 797 g/mol. The molecule has 2 aliphatic heterocycles. The molecule has 0 aliphatic carbocycles. The summed E-state index contributed by atoms with van der Waals surface area (Å²) in [6.07, 6.45) is 5.33. The van der Waals surface area contributed by atoms with E-state index >= 15 is 17.6 Å². The van der Waals surface area contributed by atoms with Crippen LogP contribution in [0.4, 0.5) is 43.9 Å². The van der Waals surface area contributed by atoms with Gasteiger partial charge in [0.15, 0.2) is 46.5 Å². The van der Waals surface area contributed by atoms with Crippen LogP contribution >= 0.6 is 15.9 Å². The Balaban J connectivity index is 1.59. The van der Waals surface area contributed by atoms with Crippen LogP contribution in [0.3, 0.4) is 0 Å². The molecule has 0 unspecified atom stereocenters. The van der Waals surface area contributed by atoms with Crippen LogP contribution in [0.15, 0.2) is 59.1 Å². The first-order chi connectivity index (χ1) is 25.4. The molecular formula is C38H15BrF10N4. The minimum atomic E-state index is -2.35. The Hall–Kier alpha value is -5.96. The highest BCUT2D eigenvalue weighted by Crippen LogP contribution is 2.41. The summed E-state index contributed by atoms with van der Waals surface area (Å²) in [5.41, 5.74) is -2.99. The Bertz CT molecular complexity index is 2680. The first kappa shape index (κ1) is 34.1. The van der Waals surface area contributed by atoms with E-state index in [9.17, 15) is 26.3 Å². The SMILES string of the molecule is Fc1c(F)c(F)c(-c2c3nc(c(-c4ccccc4)c4ccc([nH]4)c(-c4c(F)c(F)c(F)c(F)c4F)c4nc(c(Br)c5ccc2[nH]5)C=C4)C=C3)c(F)c1F. The van der Waals surface area contributed by atoms with Crippen LogP contribution in [-0.4, -0.2) is 19.9 Å². The van der Waals surface area contributed by atoms with Gasteiger partial charge < -0.3 is 9.97 Å². The number of aromatic nitrogens is 4. The van der Waals surface area contributed by atoms with E-state index in [1.54, 1.807) is 30.3 Å². The van der Waals surface area contributed by atoms with E-state index in [1.165, 1.54) is 48.6 Å². The number of hydrogen-bond donors (Lipinski definition) is 2. The summed E-state index contributed by atoms with van der Waals surface area (Å²) in [6, 6.07) is 13.8. The quantitative estimate of drug-likeness (QED) is 0.106. The molecule has 0 spiro atoms. The predicted molar refractivity (Wildman–Crippen MR) is 182 cm³/mol. The lowest BCUT2D eigenvalue weighted by molar-refractivity contribution is 0.381. The molecule has 0 radical (unpaired) electrons. The zero-order chi connectivity index (χ0) is 37.5. The highest BCUT2D eigenvalue weighted by molar-refractivity contribution is 9.10. The number of nitrogens with zero attached hydrogens (tertiary/aromatic N) is 2. The maximum atomic E-state index is 15.5. The zero-order valence-corrected chi connectivity index (χ0v) is 27.6. The largest absolute Gasteiger partial charge is 0.354 e. The van der Waals surface area contributed by atoms with Crippen molar-refractivity contribution in [2.24, 2.45) is 0 Å². The van der Waals surface area contributed by atoms with E-state index in [-0.39, 0.29) is 54.9 Å². The molecule has 4 nitrogen and oxygen atoms in total. The van der Waals surface area contributed by atoms with Crippen molar-refractivity contribution in [2.75, 3.05) is 0 Å². The third-order valence-corrected chi connectivity index (χ3v) is 9.51. The molecule has 8 bridgehead atoms. The molecule has 3 aromatic heterocycles. The maximum absolute atomic E-state index is 15.5. The first-order valence-electron chi connectivity index (χ1n) is 15.3. The highest BCUT2D eigenvalue weighted by Gasteiger charge is 2.31. The summed E-state index contributed by atoms with van der Waals surface area (Å²) in [7, 11) is 0. The molecule has 8 rings (SSSR count). The van der Waals surface area contributed by atoms with Crippen molar-refractivity contribution in [3.8, 4) is 33.4 Å². The molecule has 2 N–H and O–H groups in total. The fraction of sp³-hybridized carbons (Fsp3) is 0. The summed E-state index contributed by atoms with van der Waals surface area (Å²) in [5, 5.41) is 0. The number of halogens is 11. The smallest absolute Gasteiger partial charge is 0.200 e. The standard InChI is InChI=1S/C38H15BrF10N4/c39-28-21-12-10-19(52-21)24(26-29(40)33(44)37(48)34(45)30(26)41)17-8-6-15(50-17)23(14-4-2-1-3-5-14)16-7-9-18(51-16)25(20-11-13-22(28)53-20)27-31(42)35(46)38(49)36(47)32(27)43/h1-13,50,53H. The van der Waals surface area contributed by atoms with Crippen LogP contribution in [-0.2, 0) is 0 Å². The lowest BCUT2D eigenvalue weighted by Crippen LogP contribution is -2.05. The third-order valence-electron chi connectivity index (χ3n) is 8.67. The van der Waals surface area contributed by atoms with Crippen molar-refractivity contribution < 1.29 is 43.9 Å². The zero-order valence-electron chi connectivity index (χ0n) is 26.1. The monoisotopic (exact) mass is 796 g/mol. The molecule has 53 heavy (non-hydrogen) atoms. The van der Waals surface area contributed by atoms with E-state index in [4.69, 9.17) is 0 Å². The van der Waals surface area contributed by atoms with Gasteiger partial charge in [0.1, 0.15) is 0 Å². The van der Waals surface area contributed by atoms with Crippen molar-refractivity contribution in [1.29, 1.82) is 0 Å².